The number of aryl methyl sites for hydroxylation is 1. The van der Waals surface area contributed by atoms with Crippen LogP contribution in [0.5, 0.6) is 0 Å². The molecular weight excluding hydrogens is 492 g/mol. The molecule has 2 aliphatic heterocycles. The number of anilines is 2. The number of hydrogen-bond acceptors (Lipinski definition) is 7. The van der Waals surface area contributed by atoms with Crippen molar-refractivity contribution in [3.05, 3.63) is 63.5 Å². The summed E-state index contributed by atoms with van der Waals surface area (Å²) in [6.45, 7) is 4.16. The highest BCUT2D eigenvalue weighted by Crippen LogP contribution is 2.35. The van der Waals surface area contributed by atoms with E-state index in [1.165, 1.54) is 23.5 Å². The van der Waals surface area contributed by atoms with Crippen molar-refractivity contribution in [2.45, 2.75) is 37.1 Å². The molecule has 1 saturated heterocycles. The van der Waals surface area contributed by atoms with Gasteiger partial charge in [0.1, 0.15) is 5.01 Å². The third-order valence-electron chi connectivity index (χ3n) is 6.17. The SMILES string of the molecule is CCc1nnc(NS(=O)(=O)c2ccc(NC(=S)N3C[C@@H]4C[C@@H](C3)c3cccc(=O)n3C4)cc2)s1. The summed E-state index contributed by atoms with van der Waals surface area (Å²) in [5.74, 6) is 0.617. The quantitative estimate of drug-likeness (QED) is 0.499. The highest BCUT2D eigenvalue weighted by atomic mass is 32.2. The fourth-order valence-corrected chi connectivity index (χ4v) is 6.77. The number of pyridine rings is 1. The largest absolute Gasteiger partial charge is 0.348 e. The number of piperidine rings is 1. The lowest BCUT2D eigenvalue weighted by Gasteiger charge is -2.43. The van der Waals surface area contributed by atoms with Crippen molar-refractivity contribution in [3.8, 4) is 0 Å². The molecule has 0 radical (unpaired) electrons. The van der Waals surface area contributed by atoms with Crippen molar-refractivity contribution < 1.29 is 8.42 Å². The molecule has 0 amide bonds. The Morgan fingerprint density at radius 3 is 2.68 bits per heavy atom. The van der Waals surface area contributed by atoms with Gasteiger partial charge in [-0.05, 0) is 61.3 Å². The van der Waals surface area contributed by atoms with Crippen LogP contribution >= 0.6 is 23.6 Å². The van der Waals surface area contributed by atoms with Gasteiger partial charge in [0, 0.05) is 43.0 Å². The van der Waals surface area contributed by atoms with Crippen LogP contribution in [0.2, 0.25) is 0 Å². The number of rotatable bonds is 5. The summed E-state index contributed by atoms with van der Waals surface area (Å²) in [4.78, 5) is 14.5. The summed E-state index contributed by atoms with van der Waals surface area (Å²) in [7, 11) is -3.76. The highest BCUT2D eigenvalue weighted by Gasteiger charge is 2.35. The average Bonchev–Trinajstić information content (AvgIpc) is 3.27. The third-order valence-corrected chi connectivity index (χ3v) is 9.00. The molecule has 34 heavy (non-hydrogen) atoms. The van der Waals surface area contributed by atoms with Gasteiger partial charge in [-0.2, -0.15) is 0 Å². The number of sulfonamides is 1. The van der Waals surface area contributed by atoms with Crippen molar-refractivity contribution in [1.29, 1.82) is 0 Å². The molecule has 3 aromatic rings. The van der Waals surface area contributed by atoms with Gasteiger partial charge in [0.2, 0.25) is 5.13 Å². The fourth-order valence-electron chi connectivity index (χ4n) is 4.59. The second kappa shape index (κ2) is 9.08. The van der Waals surface area contributed by atoms with E-state index in [-0.39, 0.29) is 21.5 Å². The van der Waals surface area contributed by atoms with Crippen molar-refractivity contribution in [1.82, 2.24) is 19.7 Å². The van der Waals surface area contributed by atoms with E-state index in [0.717, 1.165) is 30.2 Å². The maximum atomic E-state index is 12.7. The van der Waals surface area contributed by atoms with Gasteiger partial charge in [0.25, 0.3) is 15.6 Å². The number of hydrogen-bond donors (Lipinski definition) is 2. The number of aromatic nitrogens is 3. The Kier molecular flexibility index (Phi) is 6.13. The minimum absolute atomic E-state index is 0.0582. The maximum Gasteiger partial charge on any atom is 0.263 e. The van der Waals surface area contributed by atoms with Gasteiger partial charge in [-0.15, -0.1) is 10.2 Å². The molecule has 0 saturated carbocycles. The molecule has 4 heterocycles. The normalized spacial score (nSPS) is 19.4. The van der Waals surface area contributed by atoms with E-state index < -0.39 is 10.0 Å². The molecule has 12 heteroatoms. The van der Waals surface area contributed by atoms with Crippen LogP contribution in [0.1, 0.15) is 30.0 Å². The van der Waals surface area contributed by atoms with E-state index >= 15 is 0 Å². The van der Waals surface area contributed by atoms with Gasteiger partial charge in [-0.1, -0.05) is 24.3 Å². The van der Waals surface area contributed by atoms with Crippen LogP contribution in [-0.4, -0.2) is 46.3 Å². The van der Waals surface area contributed by atoms with Crippen LogP contribution in [0.4, 0.5) is 10.8 Å². The van der Waals surface area contributed by atoms with Gasteiger partial charge < -0.3 is 14.8 Å². The van der Waals surface area contributed by atoms with E-state index in [0.29, 0.717) is 29.7 Å². The van der Waals surface area contributed by atoms with Crippen molar-refractivity contribution >= 4 is 49.5 Å². The number of likely N-dealkylation sites (tertiary alicyclic amines) is 1. The molecule has 0 unspecified atom stereocenters. The van der Waals surface area contributed by atoms with Crippen LogP contribution < -0.4 is 15.6 Å². The predicted molar refractivity (Wildman–Crippen MR) is 136 cm³/mol. The minimum Gasteiger partial charge on any atom is -0.348 e. The predicted octanol–water partition coefficient (Wildman–Crippen LogP) is 2.88. The zero-order chi connectivity index (χ0) is 23.9. The molecule has 1 aromatic carbocycles. The molecule has 2 bridgehead atoms. The van der Waals surface area contributed by atoms with Crippen LogP contribution in [0.25, 0.3) is 0 Å². The van der Waals surface area contributed by atoms with Crippen LogP contribution in [0, 0.1) is 5.92 Å². The van der Waals surface area contributed by atoms with E-state index in [2.05, 4.69) is 25.1 Å². The maximum absolute atomic E-state index is 12.7. The molecular formula is C22H24N6O3S3. The Balaban J connectivity index is 1.25. The number of nitrogens with one attached hydrogen (secondary N) is 2. The summed E-state index contributed by atoms with van der Waals surface area (Å²) in [6, 6.07) is 11.9. The summed E-state index contributed by atoms with van der Waals surface area (Å²) in [5, 5.41) is 12.6. The van der Waals surface area contributed by atoms with Gasteiger partial charge in [0.05, 0.1) is 4.90 Å². The third kappa shape index (κ3) is 4.57. The Hall–Kier alpha value is -2.83. The Bertz CT molecular complexity index is 1380. The molecule has 1 fully saturated rings. The first-order valence-electron chi connectivity index (χ1n) is 11.0. The first kappa shape index (κ1) is 22.9. The molecule has 0 aliphatic carbocycles. The summed E-state index contributed by atoms with van der Waals surface area (Å²) in [5.41, 5.74) is 1.84. The Labute approximate surface area is 206 Å². The summed E-state index contributed by atoms with van der Waals surface area (Å²) < 4.78 is 29.7. The lowest BCUT2D eigenvalue weighted by molar-refractivity contribution is 0.180. The highest BCUT2D eigenvalue weighted by molar-refractivity contribution is 7.93. The fraction of sp³-hybridized carbons (Fsp3) is 0.364. The smallest absolute Gasteiger partial charge is 0.263 e. The first-order chi connectivity index (χ1) is 16.3. The molecule has 2 atom stereocenters. The number of benzene rings is 1. The summed E-state index contributed by atoms with van der Waals surface area (Å²) >= 11 is 6.89. The number of fused-ring (bicyclic) bond motifs is 4. The lowest BCUT2D eigenvalue weighted by Crippen LogP contribution is -2.50. The minimum atomic E-state index is -3.76. The Morgan fingerprint density at radius 2 is 1.94 bits per heavy atom. The number of nitrogens with zero attached hydrogens (tertiary/aromatic N) is 4. The van der Waals surface area contributed by atoms with E-state index in [1.54, 1.807) is 18.2 Å². The Morgan fingerprint density at radius 1 is 1.15 bits per heavy atom. The molecule has 2 N–H and O–H groups in total. The van der Waals surface area contributed by atoms with E-state index in [9.17, 15) is 13.2 Å². The topological polar surface area (TPSA) is 109 Å². The molecule has 2 aromatic heterocycles. The molecule has 9 nitrogen and oxygen atoms in total. The molecule has 178 valence electrons. The second-order valence-electron chi connectivity index (χ2n) is 8.52. The second-order valence-corrected chi connectivity index (χ2v) is 11.6. The van der Waals surface area contributed by atoms with Crippen molar-refractivity contribution in [2.24, 2.45) is 5.92 Å². The van der Waals surface area contributed by atoms with Gasteiger partial charge in [0.15, 0.2) is 5.11 Å². The van der Waals surface area contributed by atoms with Crippen molar-refractivity contribution in [2.75, 3.05) is 23.1 Å². The lowest BCUT2D eigenvalue weighted by atomic mass is 9.83. The first-order valence-corrected chi connectivity index (χ1v) is 13.7. The monoisotopic (exact) mass is 516 g/mol. The standard InChI is InChI=1S/C22H24N6O3S3/c1-2-19-24-25-21(33-19)26-34(30,31)17-8-6-16(7-9-17)23-22(32)27-11-14-10-15(13-27)18-4-3-5-20(29)28(18)12-14/h3-9,14-15H,2,10-13H2,1H3,(H,23,32)(H,25,26)/t14-,15-/m0/s1. The zero-order valence-corrected chi connectivity index (χ0v) is 20.9. The zero-order valence-electron chi connectivity index (χ0n) is 18.5. The van der Waals surface area contributed by atoms with E-state index in [1.807, 2.05) is 23.6 Å². The van der Waals surface area contributed by atoms with Gasteiger partial charge in [-0.3, -0.25) is 9.52 Å². The van der Waals surface area contributed by atoms with Crippen molar-refractivity contribution in [3.63, 3.8) is 0 Å². The molecule has 0 spiro atoms. The number of thiocarbonyl (C=S) groups is 1. The molecule has 2 aliphatic rings. The van der Waals surface area contributed by atoms with Crippen LogP contribution in [0.15, 0.2) is 52.2 Å². The van der Waals surface area contributed by atoms with Gasteiger partial charge >= 0.3 is 0 Å². The summed E-state index contributed by atoms with van der Waals surface area (Å²) in [6.07, 6.45) is 1.75. The van der Waals surface area contributed by atoms with Crippen LogP contribution in [0.3, 0.4) is 0 Å². The van der Waals surface area contributed by atoms with Crippen LogP contribution in [-0.2, 0) is 23.0 Å². The van der Waals surface area contributed by atoms with E-state index in [4.69, 9.17) is 12.2 Å². The van der Waals surface area contributed by atoms with Gasteiger partial charge in [-0.25, -0.2) is 8.42 Å². The average molecular weight is 517 g/mol. The molecule has 5 rings (SSSR count).